The van der Waals surface area contributed by atoms with Gasteiger partial charge in [0.2, 0.25) is 17.6 Å². The van der Waals surface area contributed by atoms with Crippen molar-refractivity contribution in [1.29, 1.82) is 0 Å². The molecular formula is C21H22N6O2. The lowest BCUT2D eigenvalue weighted by Gasteiger charge is -2.31. The van der Waals surface area contributed by atoms with Crippen molar-refractivity contribution in [2.45, 2.75) is 12.8 Å². The summed E-state index contributed by atoms with van der Waals surface area (Å²) in [7, 11) is 1.78. The van der Waals surface area contributed by atoms with Crippen molar-refractivity contribution < 1.29 is 9.59 Å². The number of benzene rings is 1. The first kappa shape index (κ1) is 18.8. The Morgan fingerprint density at radius 2 is 1.83 bits per heavy atom. The van der Waals surface area contributed by atoms with Crippen LogP contribution in [0.1, 0.15) is 29.0 Å². The summed E-state index contributed by atoms with van der Waals surface area (Å²) in [5.74, 6) is 0.714. The maximum absolute atomic E-state index is 12.7. The summed E-state index contributed by atoms with van der Waals surface area (Å²) in [6, 6.07) is 8.68. The Bertz CT molecular complexity index is 1000. The predicted molar refractivity (Wildman–Crippen MR) is 109 cm³/mol. The first-order valence-corrected chi connectivity index (χ1v) is 9.57. The van der Waals surface area contributed by atoms with Crippen LogP contribution in [0, 0.1) is 5.92 Å². The largest absolute Gasteiger partial charge is 0.340 e. The molecule has 29 heavy (non-hydrogen) atoms. The predicted octanol–water partition coefficient (Wildman–Crippen LogP) is 2.30. The first-order chi connectivity index (χ1) is 14.1. The van der Waals surface area contributed by atoms with E-state index in [9.17, 15) is 9.59 Å². The van der Waals surface area contributed by atoms with E-state index in [0.29, 0.717) is 29.6 Å². The van der Waals surface area contributed by atoms with Crippen LogP contribution in [0.25, 0.3) is 0 Å². The zero-order valence-electron chi connectivity index (χ0n) is 16.2. The number of nitrogens with one attached hydrogen (secondary N) is 1. The molecule has 3 aromatic rings. The third kappa shape index (κ3) is 4.16. The zero-order valence-corrected chi connectivity index (χ0v) is 16.2. The van der Waals surface area contributed by atoms with Crippen LogP contribution in [0.2, 0.25) is 0 Å². The fraction of sp³-hybridized carbons (Fsp3) is 0.286. The Morgan fingerprint density at radius 1 is 1.07 bits per heavy atom. The third-order valence-electron chi connectivity index (χ3n) is 5.07. The van der Waals surface area contributed by atoms with Gasteiger partial charge in [0.1, 0.15) is 0 Å². The highest BCUT2D eigenvalue weighted by molar-refractivity contribution is 6.07. The fourth-order valence-corrected chi connectivity index (χ4v) is 3.49. The Labute approximate surface area is 168 Å². The second-order valence-corrected chi connectivity index (χ2v) is 7.09. The Kier molecular flexibility index (Phi) is 5.33. The van der Waals surface area contributed by atoms with Gasteiger partial charge in [0, 0.05) is 56.2 Å². The van der Waals surface area contributed by atoms with Crippen LogP contribution < -0.4 is 10.2 Å². The van der Waals surface area contributed by atoms with Crippen LogP contribution in [0.4, 0.5) is 11.6 Å². The summed E-state index contributed by atoms with van der Waals surface area (Å²) < 4.78 is 1.68. The maximum Gasteiger partial charge on any atom is 0.229 e. The Morgan fingerprint density at radius 3 is 2.52 bits per heavy atom. The SMILES string of the molecule is Cn1ccnc1C(=O)c1ccc(NC(=O)C2CCCN(c3ncccn3)C2)cc1. The normalized spacial score (nSPS) is 16.4. The van der Waals surface area contributed by atoms with Gasteiger partial charge in [-0.2, -0.15) is 0 Å². The molecule has 2 aromatic heterocycles. The van der Waals surface area contributed by atoms with Gasteiger partial charge < -0.3 is 14.8 Å². The van der Waals surface area contributed by atoms with Crippen molar-refractivity contribution in [1.82, 2.24) is 19.5 Å². The molecule has 8 nitrogen and oxygen atoms in total. The molecule has 0 radical (unpaired) electrons. The molecule has 1 amide bonds. The minimum absolute atomic E-state index is 0.0335. The van der Waals surface area contributed by atoms with Gasteiger partial charge in [0.05, 0.1) is 5.92 Å². The highest BCUT2D eigenvalue weighted by atomic mass is 16.2. The highest BCUT2D eigenvalue weighted by Crippen LogP contribution is 2.22. The van der Waals surface area contributed by atoms with Crippen LogP contribution in [0.15, 0.2) is 55.1 Å². The number of nitrogens with zero attached hydrogens (tertiary/aromatic N) is 5. The lowest BCUT2D eigenvalue weighted by molar-refractivity contribution is -0.120. The van der Waals surface area contributed by atoms with Crippen LogP contribution in [0.3, 0.4) is 0 Å². The van der Waals surface area contributed by atoms with E-state index < -0.39 is 0 Å². The van der Waals surface area contributed by atoms with E-state index >= 15 is 0 Å². The van der Waals surface area contributed by atoms with Crippen molar-refractivity contribution in [3.8, 4) is 0 Å². The standard InChI is InChI=1S/C21H22N6O2/c1-26-13-11-22-19(26)18(28)15-5-7-17(8-6-15)25-20(29)16-4-2-12-27(14-16)21-23-9-3-10-24-21/h3,5-11,13,16H,2,4,12,14H2,1H3,(H,25,29). The minimum atomic E-state index is -0.152. The quantitative estimate of drug-likeness (QED) is 0.672. The molecule has 1 unspecified atom stereocenters. The van der Waals surface area contributed by atoms with Crippen molar-refractivity contribution >= 4 is 23.3 Å². The van der Waals surface area contributed by atoms with E-state index in [4.69, 9.17) is 0 Å². The number of hydrogen-bond donors (Lipinski definition) is 1. The van der Waals surface area contributed by atoms with Crippen molar-refractivity contribution in [2.24, 2.45) is 13.0 Å². The summed E-state index contributed by atoms with van der Waals surface area (Å²) in [5.41, 5.74) is 1.20. The second kappa shape index (κ2) is 8.22. The van der Waals surface area contributed by atoms with E-state index in [2.05, 4.69) is 20.3 Å². The molecule has 0 bridgehead atoms. The second-order valence-electron chi connectivity index (χ2n) is 7.09. The molecule has 148 valence electrons. The summed E-state index contributed by atoms with van der Waals surface area (Å²) in [6.45, 7) is 1.43. The van der Waals surface area contributed by atoms with Gasteiger partial charge in [0.25, 0.3) is 0 Å². The Balaban J connectivity index is 1.39. The molecule has 1 aliphatic rings. The summed E-state index contributed by atoms with van der Waals surface area (Å²) >= 11 is 0. The van der Waals surface area contributed by atoms with Gasteiger partial charge in [-0.05, 0) is 43.2 Å². The average molecular weight is 390 g/mol. The number of rotatable bonds is 5. The molecule has 8 heteroatoms. The number of carbonyl (C=O) groups is 2. The van der Waals surface area contributed by atoms with Gasteiger partial charge in [-0.25, -0.2) is 15.0 Å². The number of imidazole rings is 1. The van der Waals surface area contributed by atoms with E-state index in [1.54, 1.807) is 66.7 Å². The molecule has 1 aromatic carbocycles. The fourth-order valence-electron chi connectivity index (χ4n) is 3.49. The van der Waals surface area contributed by atoms with Crippen molar-refractivity contribution in [2.75, 3.05) is 23.3 Å². The van der Waals surface area contributed by atoms with Crippen LogP contribution in [-0.2, 0) is 11.8 Å². The smallest absolute Gasteiger partial charge is 0.229 e. The van der Waals surface area contributed by atoms with E-state index in [-0.39, 0.29) is 17.6 Å². The van der Waals surface area contributed by atoms with E-state index in [1.165, 1.54) is 0 Å². The summed E-state index contributed by atoms with van der Waals surface area (Å²) in [4.78, 5) is 39.9. The molecule has 1 N–H and O–H groups in total. The topological polar surface area (TPSA) is 93.0 Å². The molecule has 1 atom stereocenters. The van der Waals surface area contributed by atoms with Gasteiger partial charge in [-0.15, -0.1) is 0 Å². The average Bonchev–Trinajstić information content (AvgIpc) is 3.20. The molecule has 1 fully saturated rings. The monoisotopic (exact) mass is 390 g/mol. The van der Waals surface area contributed by atoms with Crippen LogP contribution in [0.5, 0.6) is 0 Å². The number of ketones is 1. The number of hydrogen-bond acceptors (Lipinski definition) is 6. The zero-order chi connectivity index (χ0) is 20.2. The molecule has 0 aliphatic carbocycles. The molecule has 1 aliphatic heterocycles. The van der Waals surface area contributed by atoms with Gasteiger partial charge in [0.15, 0.2) is 5.82 Å². The third-order valence-corrected chi connectivity index (χ3v) is 5.07. The van der Waals surface area contributed by atoms with E-state index in [0.717, 1.165) is 19.4 Å². The maximum atomic E-state index is 12.7. The number of anilines is 2. The number of piperidine rings is 1. The minimum Gasteiger partial charge on any atom is -0.340 e. The van der Waals surface area contributed by atoms with Crippen LogP contribution >= 0.6 is 0 Å². The lowest BCUT2D eigenvalue weighted by atomic mass is 9.97. The molecule has 1 saturated heterocycles. The van der Waals surface area contributed by atoms with Crippen molar-refractivity contribution in [3.63, 3.8) is 0 Å². The lowest BCUT2D eigenvalue weighted by Crippen LogP contribution is -2.41. The number of aromatic nitrogens is 4. The number of amides is 1. The summed E-state index contributed by atoms with van der Waals surface area (Å²) in [6.07, 6.45) is 8.48. The molecule has 0 saturated carbocycles. The van der Waals surface area contributed by atoms with Gasteiger partial charge in [-0.1, -0.05) is 0 Å². The number of carbonyl (C=O) groups excluding carboxylic acids is 2. The molecule has 3 heterocycles. The van der Waals surface area contributed by atoms with E-state index in [1.807, 2.05) is 4.90 Å². The first-order valence-electron chi connectivity index (χ1n) is 9.57. The highest BCUT2D eigenvalue weighted by Gasteiger charge is 2.27. The molecular weight excluding hydrogens is 368 g/mol. The van der Waals surface area contributed by atoms with Crippen molar-refractivity contribution in [3.05, 3.63) is 66.5 Å². The Hall–Kier alpha value is -3.55. The van der Waals surface area contributed by atoms with Gasteiger partial charge in [-0.3, -0.25) is 9.59 Å². The van der Waals surface area contributed by atoms with Gasteiger partial charge >= 0.3 is 0 Å². The summed E-state index contributed by atoms with van der Waals surface area (Å²) in [5, 5.41) is 2.96. The number of aryl methyl sites for hydroxylation is 1. The molecule has 4 rings (SSSR count). The van der Waals surface area contributed by atoms with Crippen LogP contribution in [-0.4, -0.2) is 44.3 Å². The molecule has 0 spiro atoms.